The van der Waals surface area contributed by atoms with Crippen molar-refractivity contribution in [3.63, 3.8) is 0 Å². The summed E-state index contributed by atoms with van der Waals surface area (Å²) in [7, 11) is 0. The van der Waals surface area contributed by atoms with Gasteiger partial charge >= 0.3 is 0 Å². The van der Waals surface area contributed by atoms with Crippen LogP contribution < -0.4 is 5.32 Å². The van der Waals surface area contributed by atoms with E-state index >= 15 is 0 Å². The topological polar surface area (TPSA) is 42.0 Å². The van der Waals surface area contributed by atoms with Gasteiger partial charge in [0.15, 0.2) is 5.13 Å². The number of aromatic nitrogens is 1. The fourth-order valence-electron chi connectivity index (χ4n) is 2.80. The monoisotopic (exact) mass is 328 g/mol. The molecule has 112 valence electrons. The lowest BCUT2D eigenvalue weighted by Gasteiger charge is -2.02. The minimum atomic E-state index is -0.0228. The maximum atomic E-state index is 12.5. The largest absolute Gasteiger partial charge is 0.297 e. The molecule has 4 rings (SSSR count). The van der Waals surface area contributed by atoms with Crippen LogP contribution in [0.25, 0.3) is 10.2 Å². The van der Waals surface area contributed by atoms with Crippen LogP contribution in [0.4, 0.5) is 5.13 Å². The third kappa shape index (κ3) is 2.44. The molecule has 0 spiro atoms. The highest BCUT2D eigenvalue weighted by atomic mass is 32.1. The van der Waals surface area contributed by atoms with Gasteiger partial charge in [0.2, 0.25) is 0 Å². The van der Waals surface area contributed by atoms with Crippen LogP contribution in [0, 0.1) is 13.8 Å². The minimum absolute atomic E-state index is 0.0228. The number of hydrogen-bond acceptors (Lipinski definition) is 4. The highest BCUT2D eigenvalue weighted by Gasteiger charge is 2.29. The Kier molecular flexibility index (Phi) is 3.27. The molecule has 1 aliphatic carbocycles. The Morgan fingerprint density at radius 3 is 2.91 bits per heavy atom. The summed E-state index contributed by atoms with van der Waals surface area (Å²) in [6, 6.07) is 6.33. The number of nitrogens with zero attached hydrogens (tertiary/aromatic N) is 1. The predicted molar refractivity (Wildman–Crippen MR) is 93.3 cm³/mol. The van der Waals surface area contributed by atoms with Crippen molar-refractivity contribution in [2.75, 3.05) is 5.32 Å². The molecule has 3 aromatic rings. The maximum absolute atomic E-state index is 12.5. The molecule has 1 N–H and O–H groups in total. The van der Waals surface area contributed by atoms with E-state index in [9.17, 15) is 4.79 Å². The number of amides is 1. The summed E-state index contributed by atoms with van der Waals surface area (Å²) in [6.07, 6.45) is 2.41. The SMILES string of the molecule is Cc1cc(C)c2nc(NC(=O)c3sccc3C3CC3)sc2c1. The average molecular weight is 328 g/mol. The van der Waals surface area contributed by atoms with E-state index in [1.165, 1.54) is 35.3 Å². The first kappa shape index (κ1) is 13.9. The highest BCUT2D eigenvalue weighted by Crippen LogP contribution is 2.43. The van der Waals surface area contributed by atoms with Gasteiger partial charge in [-0.1, -0.05) is 17.4 Å². The lowest BCUT2D eigenvalue weighted by atomic mass is 10.1. The van der Waals surface area contributed by atoms with Crippen LogP contribution >= 0.6 is 22.7 Å². The Hall–Kier alpha value is -1.72. The zero-order valence-corrected chi connectivity index (χ0v) is 14.1. The van der Waals surface area contributed by atoms with Gasteiger partial charge in [-0.25, -0.2) is 4.98 Å². The van der Waals surface area contributed by atoms with Crippen LogP contribution in [-0.2, 0) is 0 Å². The van der Waals surface area contributed by atoms with Crippen LogP contribution in [-0.4, -0.2) is 10.9 Å². The predicted octanol–water partition coefficient (Wildman–Crippen LogP) is 5.10. The van der Waals surface area contributed by atoms with Gasteiger partial charge in [-0.15, -0.1) is 11.3 Å². The summed E-state index contributed by atoms with van der Waals surface area (Å²) in [5, 5.41) is 5.67. The number of benzene rings is 1. The molecule has 0 unspecified atom stereocenters. The van der Waals surface area contributed by atoms with Gasteiger partial charge in [-0.3, -0.25) is 10.1 Å². The van der Waals surface area contributed by atoms with Crippen LogP contribution in [0.5, 0.6) is 0 Å². The van der Waals surface area contributed by atoms with Crippen molar-refractivity contribution in [1.29, 1.82) is 0 Å². The second-order valence-electron chi connectivity index (χ2n) is 5.88. The summed E-state index contributed by atoms with van der Waals surface area (Å²) < 4.78 is 1.13. The number of carbonyl (C=O) groups excluding carboxylic acids is 1. The molecule has 0 saturated heterocycles. The summed E-state index contributed by atoms with van der Waals surface area (Å²) in [5.74, 6) is 0.567. The van der Waals surface area contributed by atoms with Gasteiger partial charge in [0.1, 0.15) is 0 Å². The van der Waals surface area contributed by atoms with E-state index in [2.05, 4.69) is 42.3 Å². The van der Waals surface area contributed by atoms with Crippen LogP contribution in [0.3, 0.4) is 0 Å². The highest BCUT2D eigenvalue weighted by molar-refractivity contribution is 7.22. The molecule has 3 nitrogen and oxygen atoms in total. The number of hydrogen-bond donors (Lipinski definition) is 1. The van der Waals surface area contributed by atoms with E-state index < -0.39 is 0 Å². The fraction of sp³-hybridized carbons (Fsp3) is 0.294. The Bertz CT molecular complexity index is 874. The minimum Gasteiger partial charge on any atom is -0.297 e. The molecule has 0 aliphatic heterocycles. The molecular formula is C17H16N2OS2. The summed E-state index contributed by atoms with van der Waals surface area (Å²) in [4.78, 5) is 17.9. The lowest BCUT2D eigenvalue weighted by molar-refractivity contribution is 0.102. The Labute approximate surface area is 137 Å². The molecule has 5 heteroatoms. The van der Waals surface area contributed by atoms with E-state index in [0.717, 1.165) is 20.7 Å². The van der Waals surface area contributed by atoms with E-state index in [1.54, 1.807) is 11.3 Å². The molecule has 0 atom stereocenters. The zero-order valence-electron chi connectivity index (χ0n) is 12.5. The normalized spacial score (nSPS) is 14.5. The van der Waals surface area contributed by atoms with E-state index in [0.29, 0.717) is 11.0 Å². The van der Waals surface area contributed by atoms with E-state index in [1.807, 2.05) is 5.38 Å². The van der Waals surface area contributed by atoms with Crippen molar-refractivity contribution < 1.29 is 4.79 Å². The van der Waals surface area contributed by atoms with Crippen molar-refractivity contribution in [3.8, 4) is 0 Å². The lowest BCUT2D eigenvalue weighted by Crippen LogP contribution is -2.11. The third-order valence-electron chi connectivity index (χ3n) is 3.97. The van der Waals surface area contributed by atoms with Crippen LogP contribution in [0.2, 0.25) is 0 Å². The second kappa shape index (κ2) is 5.18. The van der Waals surface area contributed by atoms with Crippen molar-refractivity contribution in [3.05, 3.63) is 45.1 Å². The summed E-state index contributed by atoms with van der Waals surface area (Å²) in [5.41, 5.74) is 4.57. The van der Waals surface area contributed by atoms with Gasteiger partial charge in [0.05, 0.1) is 15.1 Å². The number of aryl methyl sites for hydroxylation is 2. The first-order valence-electron chi connectivity index (χ1n) is 7.38. The molecular weight excluding hydrogens is 312 g/mol. The molecule has 1 amide bonds. The fourth-order valence-corrected chi connectivity index (χ4v) is 4.71. The van der Waals surface area contributed by atoms with Crippen molar-refractivity contribution in [2.45, 2.75) is 32.6 Å². The van der Waals surface area contributed by atoms with E-state index in [4.69, 9.17) is 0 Å². The molecule has 0 radical (unpaired) electrons. The van der Waals surface area contributed by atoms with Gasteiger partial charge in [-0.2, -0.15) is 0 Å². The van der Waals surface area contributed by atoms with Gasteiger partial charge < -0.3 is 0 Å². The standard InChI is InChI=1S/C17H16N2OS2/c1-9-7-10(2)14-13(8-9)22-17(18-14)19-16(20)15-12(5-6-21-15)11-3-4-11/h5-8,11H,3-4H2,1-2H3,(H,18,19,20). The number of carbonyl (C=O) groups is 1. The van der Waals surface area contributed by atoms with Gasteiger partial charge in [0.25, 0.3) is 5.91 Å². The zero-order chi connectivity index (χ0) is 15.3. The first-order chi connectivity index (χ1) is 10.6. The molecule has 0 bridgehead atoms. The molecule has 1 aliphatic rings. The number of fused-ring (bicyclic) bond motifs is 1. The van der Waals surface area contributed by atoms with Crippen molar-refractivity contribution in [2.24, 2.45) is 0 Å². The maximum Gasteiger partial charge on any atom is 0.267 e. The Morgan fingerprint density at radius 1 is 1.32 bits per heavy atom. The number of thiophene rings is 1. The van der Waals surface area contributed by atoms with Gasteiger partial charge in [-0.05, 0) is 66.8 Å². The number of nitrogens with one attached hydrogen (secondary N) is 1. The molecule has 1 saturated carbocycles. The quantitative estimate of drug-likeness (QED) is 0.726. The van der Waals surface area contributed by atoms with Crippen molar-refractivity contribution >= 4 is 43.9 Å². The molecule has 1 aromatic carbocycles. The number of anilines is 1. The molecule has 22 heavy (non-hydrogen) atoms. The molecule has 2 heterocycles. The van der Waals surface area contributed by atoms with Crippen LogP contribution in [0.1, 0.15) is 45.1 Å². The smallest absolute Gasteiger partial charge is 0.267 e. The van der Waals surface area contributed by atoms with Crippen molar-refractivity contribution in [1.82, 2.24) is 4.98 Å². The second-order valence-corrected chi connectivity index (χ2v) is 7.83. The summed E-state index contributed by atoms with van der Waals surface area (Å²) in [6.45, 7) is 4.14. The average Bonchev–Trinajstić information content (AvgIpc) is 3.04. The molecule has 1 fully saturated rings. The Balaban J connectivity index is 1.64. The number of thiazole rings is 1. The first-order valence-corrected chi connectivity index (χ1v) is 9.08. The van der Waals surface area contributed by atoms with E-state index in [-0.39, 0.29) is 5.91 Å². The molecule has 2 aromatic heterocycles. The van der Waals surface area contributed by atoms with Crippen LogP contribution in [0.15, 0.2) is 23.6 Å². The Morgan fingerprint density at radius 2 is 2.14 bits per heavy atom. The third-order valence-corrected chi connectivity index (χ3v) is 5.82. The number of rotatable bonds is 3. The van der Waals surface area contributed by atoms with Gasteiger partial charge in [0, 0.05) is 0 Å². The summed E-state index contributed by atoms with van der Waals surface area (Å²) >= 11 is 3.07.